The van der Waals surface area contributed by atoms with Crippen LogP contribution in [0.5, 0.6) is 0 Å². The molecule has 6 nitrogen and oxygen atoms in total. The summed E-state index contributed by atoms with van der Waals surface area (Å²) in [5, 5.41) is 11.4. The Morgan fingerprint density at radius 1 is 1.19 bits per heavy atom. The Labute approximate surface area is 151 Å². The largest absolute Gasteiger partial charge is 0.347 e. The minimum absolute atomic E-state index is 0.0979. The van der Waals surface area contributed by atoms with E-state index >= 15 is 0 Å². The lowest BCUT2D eigenvalue weighted by molar-refractivity contribution is 0.0932. The molecule has 1 aromatic heterocycles. The van der Waals surface area contributed by atoms with Gasteiger partial charge in [0, 0.05) is 38.6 Å². The van der Waals surface area contributed by atoms with E-state index in [1.54, 1.807) is 12.1 Å². The Morgan fingerprint density at radius 3 is 2.85 bits per heavy atom. The van der Waals surface area contributed by atoms with E-state index in [-0.39, 0.29) is 11.7 Å². The Bertz CT molecular complexity index is 846. The second-order valence-electron chi connectivity index (χ2n) is 7.85. The normalized spacial score (nSPS) is 25.0. The first kappa shape index (κ1) is 15.9. The van der Waals surface area contributed by atoms with Gasteiger partial charge in [-0.15, -0.1) is 10.2 Å². The van der Waals surface area contributed by atoms with Crippen molar-refractivity contribution in [3.05, 3.63) is 47.3 Å². The molecule has 26 heavy (non-hydrogen) atoms. The van der Waals surface area contributed by atoms with Crippen LogP contribution in [0.3, 0.4) is 0 Å². The van der Waals surface area contributed by atoms with Gasteiger partial charge in [-0.05, 0) is 42.4 Å². The third-order valence-corrected chi connectivity index (χ3v) is 5.75. The number of nitrogens with zero attached hydrogens (tertiary/aromatic N) is 4. The Balaban J connectivity index is 1.28. The number of benzene rings is 1. The third-order valence-electron chi connectivity index (χ3n) is 5.75. The quantitative estimate of drug-likeness (QED) is 0.905. The van der Waals surface area contributed by atoms with E-state index in [0.717, 1.165) is 56.8 Å². The molecule has 0 bridgehead atoms. The molecule has 2 aromatic rings. The van der Waals surface area contributed by atoms with Crippen LogP contribution >= 0.6 is 0 Å². The van der Waals surface area contributed by atoms with Crippen molar-refractivity contribution >= 4 is 5.91 Å². The average molecular weight is 355 g/mol. The monoisotopic (exact) mass is 355 g/mol. The van der Waals surface area contributed by atoms with E-state index in [4.69, 9.17) is 0 Å². The number of hydrogen-bond donors (Lipinski definition) is 1. The standard InChI is InChI=1S/C19H22FN5O/c20-15-3-1-2-12(6-15)8-24-9-13-7-17-22-23-18(19(26)21-16-4-5-16)25(17)11-14(13)10-24/h1-3,6,13-14,16H,4-5,7-11H2,(H,21,26)/t13-,14-/m1/s1. The SMILES string of the molecule is O=C(NC1CC1)c1nnc2n1C[C@H]1CN(Cc3cccc(F)c3)C[C@H]1C2. The highest BCUT2D eigenvalue weighted by molar-refractivity contribution is 5.91. The first-order chi connectivity index (χ1) is 12.7. The summed E-state index contributed by atoms with van der Waals surface area (Å²) in [5.41, 5.74) is 1.01. The number of halogens is 1. The molecule has 7 heteroatoms. The van der Waals surface area contributed by atoms with Crippen LogP contribution < -0.4 is 5.32 Å². The molecule has 1 saturated carbocycles. The summed E-state index contributed by atoms with van der Waals surface area (Å²) in [7, 11) is 0. The molecule has 2 aliphatic heterocycles. The van der Waals surface area contributed by atoms with E-state index in [9.17, 15) is 9.18 Å². The molecule has 3 aliphatic rings. The second kappa shape index (κ2) is 6.16. The number of aromatic nitrogens is 3. The molecule has 3 heterocycles. The fourth-order valence-electron chi connectivity index (χ4n) is 4.29. The molecule has 2 atom stereocenters. The summed E-state index contributed by atoms with van der Waals surface area (Å²) in [6, 6.07) is 7.14. The topological polar surface area (TPSA) is 63.1 Å². The van der Waals surface area contributed by atoms with Gasteiger partial charge in [0.2, 0.25) is 5.82 Å². The second-order valence-corrected chi connectivity index (χ2v) is 7.85. The van der Waals surface area contributed by atoms with Gasteiger partial charge >= 0.3 is 0 Å². The number of hydrogen-bond acceptors (Lipinski definition) is 4. The zero-order valence-corrected chi connectivity index (χ0v) is 14.6. The molecule has 1 aliphatic carbocycles. The van der Waals surface area contributed by atoms with Crippen LogP contribution in [0.25, 0.3) is 0 Å². The number of rotatable bonds is 4. The summed E-state index contributed by atoms with van der Waals surface area (Å²) in [6.07, 6.45) is 2.98. The van der Waals surface area contributed by atoms with E-state index < -0.39 is 0 Å². The minimum Gasteiger partial charge on any atom is -0.347 e. The number of nitrogens with one attached hydrogen (secondary N) is 1. The van der Waals surface area contributed by atoms with Crippen LogP contribution in [-0.4, -0.2) is 44.7 Å². The van der Waals surface area contributed by atoms with Crippen molar-refractivity contribution in [2.45, 2.75) is 38.4 Å². The van der Waals surface area contributed by atoms with Crippen LogP contribution in [0.4, 0.5) is 4.39 Å². The fourth-order valence-corrected chi connectivity index (χ4v) is 4.29. The Morgan fingerprint density at radius 2 is 2.04 bits per heavy atom. The number of carbonyl (C=O) groups excluding carboxylic acids is 1. The zero-order valence-electron chi connectivity index (χ0n) is 14.6. The van der Waals surface area contributed by atoms with Crippen LogP contribution in [0.15, 0.2) is 24.3 Å². The van der Waals surface area contributed by atoms with Gasteiger partial charge < -0.3 is 9.88 Å². The van der Waals surface area contributed by atoms with E-state index in [2.05, 4.69) is 20.4 Å². The third kappa shape index (κ3) is 3.00. The number of amides is 1. The molecule has 0 spiro atoms. The smallest absolute Gasteiger partial charge is 0.289 e. The van der Waals surface area contributed by atoms with Crippen molar-refractivity contribution in [2.75, 3.05) is 13.1 Å². The average Bonchev–Trinajstić information content (AvgIpc) is 3.19. The summed E-state index contributed by atoms with van der Waals surface area (Å²) >= 11 is 0. The van der Waals surface area contributed by atoms with Gasteiger partial charge in [0.15, 0.2) is 0 Å². The van der Waals surface area contributed by atoms with Gasteiger partial charge in [0.05, 0.1) is 0 Å². The Hall–Kier alpha value is -2.28. The van der Waals surface area contributed by atoms with Gasteiger partial charge in [0.25, 0.3) is 5.91 Å². The highest BCUT2D eigenvalue weighted by Gasteiger charge is 2.39. The van der Waals surface area contributed by atoms with Gasteiger partial charge in [-0.3, -0.25) is 9.69 Å². The maximum absolute atomic E-state index is 13.4. The Kier molecular flexibility index (Phi) is 3.77. The van der Waals surface area contributed by atoms with Gasteiger partial charge in [-0.25, -0.2) is 4.39 Å². The molecule has 136 valence electrons. The van der Waals surface area contributed by atoms with E-state index in [1.165, 1.54) is 6.07 Å². The predicted molar refractivity (Wildman–Crippen MR) is 92.9 cm³/mol. The van der Waals surface area contributed by atoms with Crippen LogP contribution in [-0.2, 0) is 19.5 Å². The molecule has 2 fully saturated rings. The first-order valence-electron chi connectivity index (χ1n) is 9.35. The van der Waals surface area contributed by atoms with Gasteiger partial charge in [-0.2, -0.15) is 0 Å². The molecule has 5 rings (SSSR count). The highest BCUT2D eigenvalue weighted by Crippen LogP contribution is 2.33. The highest BCUT2D eigenvalue weighted by atomic mass is 19.1. The van der Waals surface area contributed by atoms with Crippen molar-refractivity contribution < 1.29 is 9.18 Å². The van der Waals surface area contributed by atoms with Gasteiger partial charge in [-0.1, -0.05) is 12.1 Å². The van der Waals surface area contributed by atoms with E-state index in [0.29, 0.717) is 23.7 Å². The first-order valence-corrected chi connectivity index (χ1v) is 9.35. The molecule has 1 amide bonds. The van der Waals surface area contributed by atoms with Crippen molar-refractivity contribution in [1.82, 2.24) is 25.0 Å². The van der Waals surface area contributed by atoms with Gasteiger partial charge in [0.1, 0.15) is 11.6 Å². The van der Waals surface area contributed by atoms with Crippen LogP contribution in [0, 0.1) is 17.7 Å². The summed E-state index contributed by atoms with van der Waals surface area (Å²) in [4.78, 5) is 14.8. The fraction of sp³-hybridized carbons (Fsp3) is 0.526. The predicted octanol–water partition coefficient (Wildman–Crippen LogP) is 1.61. The van der Waals surface area contributed by atoms with E-state index in [1.807, 2.05) is 10.6 Å². The number of likely N-dealkylation sites (tertiary alicyclic amines) is 1. The molecule has 1 N–H and O–H groups in total. The lowest BCUT2D eigenvalue weighted by atomic mass is 9.89. The summed E-state index contributed by atoms with van der Waals surface area (Å²) in [5.74, 6) is 2.10. The van der Waals surface area contributed by atoms with Crippen LogP contribution in [0.1, 0.15) is 34.8 Å². The molecular weight excluding hydrogens is 333 g/mol. The molecule has 0 radical (unpaired) electrons. The van der Waals surface area contributed by atoms with Crippen molar-refractivity contribution in [1.29, 1.82) is 0 Å². The van der Waals surface area contributed by atoms with Crippen molar-refractivity contribution in [2.24, 2.45) is 11.8 Å². The minimum atomic E-state index is -0.184. The molecular formula is C19H22FN5O. The maximum Gasteiger partial charge on any atom is 0.289 e. The molecule has 0 unspecified atom stereocenters. The lowest BCUT2D eigenvalue weighted by Gasteiger charge is -2.25. The molecule has 1 saturated heterocycles. The summed E-state index contributed by atoms with van der Waals surface area (Å²) < 4.78 is 15.4. The number of carbonyl (C=O) groups is 1. The summed E-state index contributed by atoms with van der Waals surface area (Å²) in [6.45, 7) is 3.50. The number of fused-ring (bicyclic) bond motifs is 2. The van der Waals surface area contributed by atoms with Crippen molar-refractivity contribution in [3.8, 4) is 0 Å². The lowest BCUT2D eigenvalue weighted by Crippen LogP contribution is -2.33. The molecule has 1 aromatic carbocycles. The zero-order chi connectivity index (χ0) is 17.7. The van der Waals surface area contributed by atoms with Crippen LogP contribution in [0.2, 0.25) is 0 Å². The van der Waals surface area contributed by atoms with Crippen molar-refractivity contribution in [3.63, 3.8) is 0 Å². The maximum atomic E-state index is 13.4.